The summed E-state index contributed by atoms with van der Waals surface area (Å²) in [5, 5.41) is 8.98. The Morgan fingerprint density at radius 3 is 2.37 bits per heavy atom. The third kappa shape index (κ3) is 2.17. The van der Waals surface area contributed by atoms with Gasteiger partial charge >= 0.3 is 0 Å². The van der Waals surface area contributed by atoms with Crippen LogP contribution >= 0.6 is 0 Å². The topological polar surface area (TPSA) is 33.0 Å². The highest BCUT2D eigenvalue weighted by atomic mass is 19.1. The fourth-order valence-electron chi connectivity index (χ4n) is 2.49. The maximum atomic E-state index is 13.5. The molecule has 0 saturated carbocycles. The predicted molar refractivity (Wildman–Crippen MR) is 69.4 cm³/mol. The second-order valence-corrected chi connectivity index (χ2v) is 4.64. The van der Waals surface area contributed by atoms with Crippen molar-refractivity contribution in [2.75, 3.05) is 0 Å². The Bertz CT molecular complexity index is 635. The van der Waals surface area contributed by atoms with Gasteiger partial charge in [0.1, 0.15) is 29.3 Å². The number of halogens is 1. The van der Waals surface area contributed by atoms with Gasteiger partial charge < -0.3 is 4.74 Å². The van der Waals surface area contributed by atoms with Crippen molar-refractivity contribution in [3.8, 4) is 11.8 Å². The maximum Gasteiger partial charge on any atom is 0.144 e. The van der Waals surface area contributed by atoms with Gasteiger partial charge in [-0.1, -0.05) is 30.3 Å². The molecule has 3 heteroatoms. The maximum absolute atomic E-state index is 13.5. The number of fused-ring (bicyclic) bond motifs is 1. The van der Waals surface area contributed by atoms with E-state index in [4.69, 9.17) is 10.00 Å². The van der Waals surface area contributed by atoms with Crippen LogP contribution in [0.15, 0.2) is 42.5 Å². The van der Waals surface area contributed by atoms with Crippen molar-refractivity contribution in [2.45, 2.75) is 18.9 Å². The molecule has 94 valence electrons. The van der Waals surface area contributed by atoms with Crippen molar-refractivity contribution in [1.29, 1.82) is 5.26 Å². The Balaban J connectivity index is 1.82. The van der Waals surface area contributed by atoms with Gasteiger partial charge in [0.25, 0.3) is 0 Å². The molecule has 0 aliphatic heterocycles. The van der Waals surface area contributed by atoms with Crippen molar-refractivity contribution in [2.24, 2.45) is 0 Å². The van der Waals surface area contributed by atoms with Gasteiger partial charge in [0.15, 0.2) is 0 Å². The first-order valence-corrected chi connectivity index (χ1v) is 6.20. The second kappa shape index (κ2) is 4.74. The van der Waals surface area contributed by atoms with Gasteiger partial charge in [-0.05, 0) is 23.3 Å². The summed E-state index contributed by atoms with van der Waals surface area (Å²) in [5.41, 5.74) is 2.52. The molecule has 0 unspecified atom stereocenters. The molecule has 3 rings (SSSR count). The predicted octanol–water partition coefficient (Wildman–Crippen LogP) is 3.24. The minimum Gasteiger partial charge on any atom is -0.488 e. The molecule has 0 bridgehead atoms. The molecule has 2 nitrogen and oxygen atoms in total. The molecule has 0 N–H and O–H groups in total. The van der Waals surface area contributed by atoms with Gasteiger partial charge in [0, 0.05) is 12.8 Å². The Morgan fingerprint density at radius 1 is 1.05 bits per heavy atom. The zero-order chi connectivity index (χ0) is 13.2. The van der Waals surface area contributed by atoms with Crippen molar-refractivity contribution in [3.05, 3.63) is 65.0 Å². The number of benzene rings is 2. The van der Waals surface area contributed by atoms with Crippen molar-refractivity contribution in [1.82, 2.24) is 0 Å². The van der Waals surface area contributed by atoms with E-state index < -0.39 is 5.82 Å². The number of ether oxygens (including phenoxy) is 1. The number of nitrogens with zero attached hydrogens (tertiary/aromatic N) is 1. The SMILES string of the molecule is N#Cc1c(F)cccc1OC1Cc2ccccc2C1. The Kier molecular flexibility index (Phi) is 2.92. The summed E-state index contributed by atoms with van der Waals surface area (Å²) in [6, 6.07) is 14.5. The molecule has 0 spiro atoms. The molecule has 0 saturated heterocycles. The van der Waals surface area contributed by atoms with E-state index in [0.29, 0.717) is 5.75 Å². The molecule has 1 aliphatic rings. The van der Waals surface area contributed by atoms with Crippen LogP contribution < -0.4 is 4.74 Å². The highest BCUT2D eigenvalue weighted by Gasteiger charge is 2.23. The van der Waals surface area contributed by atoms with E-state index in [1.165, 1.54) is 17.2 Å². The van der Waals surface area contributed by atoms with Gasteiger partial charge in [-0.3, -0.25) is 0 Å². The summed E-state index contributed by atoms with van der Waals surface area (Å²) < 4.78 is 19.3. The lowest BCUT2D eigenvalue weighted by Gasteiger charge is -2.14. The molecule has 0 radical (unpaired) electrons. The summed E-state index contributed by atoms with van der Waals surface area (Å²) in [4.78, 5) is 0. The zero-order valence-electron chi connectivity index (χ0n) is 10.3. The lowest BCUT2D eigenvalue weighted by atomic mass is 10.1. The smallest absolute Gasteiger partial charge is 0.144 e. The molecule has 0 aromatic heterocycles. The third-order valence-electron chi connectivity index (χ3n) is 3.39. The van der Waals surface area contributed by atoms with Crippen molar-refractivity contribution >= 4 is 0 Å². The summed E-state index contributed by atoms with van der Waals surface area (Å²) in [7, 11) is 0. The first kappa shape index (κ1) is 11.7. The van der Waals surface area contributed by atoms with E-state index in [1.54, 1.807) is 12.1 Å². The Labute approximate surface area is 111 Å². The normalized spacial score (nSPS) is 13.9. The minimum absolute atomic E-state index is 0.0153. The number of nitriles is 1. The molecule has 2 aromatic rings. The fraction of sp³-hybridized carbons (Fsp3) is 0.188. The first-order valence-electron chi connectivity index (χ1n) is 6.20. The molecule has 0 atom stereocenters. The van der Waals surface area contributed by atoms with E-state index in [0.717, 1.165) is 12.8 Å². The molecule has 0 heterocycles. The molecule has 0 fully saturated rings. The average Bonchev–Trinajstić information content (AvgIpc) is 2.81. The monoisotopic (exact) mass is 253 g/mol. The molecule has 19 heavy (non-hydrogen) atoms. The van der Waals surface area contributed by atoms with Gasteiger partial charge in [0.05, 0.1) is 0 Å². The highest BCUT2D eigenvalue weighted by Crippen LogP contribution is 2.28. The van der Waals surface area contributed by atoms with Crippen LogP contribution in [0.25, 0.3) is 0 Å². The van der Waals surface area contributed by atoms with Crippen molar-refractivity contribution < 1.29 is 9.13 Å². The summed E-state index contributed by atoms with van der Waals surface area (Å²) in [5.74, 6) is -0.198. The van der Waals surface area contributed by atoms with Gasteiger partial charge in [-0.15, -0.1) is 0 Å². The summed E-state index contributed by atoms with van der Waals surface area (Å²) in [6.07, 6.45) is 1.58. The van der Waals surface area contributed by atoms with E-state index in [2.05, 4.69) is 12.1 Å². The van der Waals surface area contributed by atoms with Crippen LogP contribution in [0.5, 0.6) is 5.75 Å². The first-order chi connectivity index (χ1) is 9.28. The molecule has 1 aliphatic carbocycles. The van der Waals surface area contributed by atoms with Gasteiger partial charge in [-0.25, -0.2) is 4.39 Å². The van der Waals surface area contributed by atoms with Gasteiger partial charge in [0.2, 0.25) is 0 Å². The zero-order valence-corrected chi connectivity index (χ0v) is 10.3. The Morgan fingerprint density at radius 2 is 1.74 bits per heavy atom. The number of hydrogen-bond donors (Lipinski definition) is 0. The van der Waals surface area contributed by atoms with Crippen LogP contribution in [0.1, 0.15) is 16.7 Å². The van der Waals surface area contributed by atoms with Crippen LogP contribution in [0.2, 0.25) is 0 Å². The summed E-state index contributed by atoms with van der Waals surface area (Å²) in [6.45, 7) is 0. The third-order valence-corrected chi connectivity index (χ3v) is 3.39. The minimum atomic E-state index is -0.532. The Hall–Kier alpha value is -2.34. The van der Waals surface area contributed by atoms with E-state index >= 15 is 0 Å². The van der Waals surface area contributed by atoms with E-state index in [-0.39, 0.29) is 11.7 Å². The van der Waals surface area contributed by atoms with Crippen LogP contribution in [-0.4, -0.2) is 6.10 Å². The van der Waals surface area contributed by atoms with Crippen LogP contribution in [0, 0.1) is 17.1 Å². The standard InChI is InChI=1S/C16H12FNO/c17-15-6-3-7-16(14(15)10-18)19-13-8-11-4-1-2-5-12(11)9-13/h1-7,13H,8-9H2. The quantitative estimate of drug-likeness (QED) is 0.823. The largest absolute Gasteiger partial charge is 0.488 e. The average molecular weight is 253 g/mol. The van der Waals surface area contributed by atoms with Crippen LogP contribution in [0.4, 0.5) is 4.39 Å². The lowest BCUT2D eigenvalue weighted by molar-refractivity contribution is 0.212. The van der Waals surface area contributed by atoms with Crippen LogP contribution in [-0.2, 0) is 12.8 Å². The molecular formula is C16H12FNO. The lowest BCUT2D eigenvalue weighted by Crippen LogP contribution is -2.17. The van der Waals surface area contributed by atoms with E-state index in [1.807, 2.05) is 18.2 Å². The fourth-order valence-corrected chi connectivity index (χ4v) is 2.49. The number of rotatable bonds is 2. The van der Waals surface area contributed by atoms with E-state index in [9.17, 15) is 4.39 Å². The molecule has 0 amide bonds. The molecular weight excluding hydrogens is 241 g/mol. The highest BCUT2D eigenvalue weighted by molar-refractivity contribution is 5.44. The van der Waals surface area contributed by atoms with Crippen molar-refractivity contribution in [3.63, 3.8) is 0 Å². The summed E-state index contributed by atoms with van der Waals surface area (Å²) >= 11 is 0. The second-order valence-electron chi connectivity index (χ2n) is 4.64. The number of hydrogen-bond acceptors (Lipinski definition) is 2. The molecule has 2 aromatic carbocycles. The van der Waals surface area contributed by atoms with Crippen LogP contribution in [0.3, 0.4) is 0 Å². The van der Waals surface area contributed by atoms with Gasteiger partial charge in [-0.2, -0.15) is 5.26 Å².